The number of ether oxygens (including phenoxy) is 2. The molecule has 2 aliphatic heterocycles. The number of hydrogen-bond donors (Lipinski definition) is 0. The van der Waals surface area contributed by atoms with Gasteiger partial charge < -0.3 is 9.47 Å². The summed E-state index contributed by atoms with van der Waals surface area (Å²) in [4.78, 5) is 16.5. The summed E-state index contributed by atoms with van der Waals surface area (Å²) in [7, 11) is 0. The fraction of sp³-hybridized carbons (Fsp3) is 0.296. The molecule has 6 heteroatoms. The zero-order chi connectivity index (χ0) is 22.6. The molecule has 0 unspecified atom stereocenters. The van der Waals surface area contributed by atoms with Crippen LogP contribution in [0.4, 0.5) is 4.79 Å². The molecule has 3 aromatic rings. The zero-order valence-electron chi connectivity index (χ0n) is 18.5. The molecule has 2 heterocycles. The first-order valence-corrected chi connectivity index (χ1v) is 11.7. The highest BCUT2D eigenvalue weighted by Crippen LogP contribution is 2.29. The predicted octanol–water partition coefficient (Wildman–Crippen LogP) is 5.53. The van der Waals surface area contributed by atoms with Gasteiger partial charge in [-0.25, -0.2) is 4.79 Å². The number of benzene rings is 3. The number of carbonyl (C=O) groups is 1. The molecule has 5 nitrogen and oxygen atoms in total. The monoisotopic (exact) mass is 462 g/mol. The minimum atomic E-state index is -0.283. The molecule has 0 saturated carbocycles. The minimum absolute atomic E-state index is 0.259. The first kappa shape index (κ1) is 22.0. The van der Waals surface area contributed by atoms with Crippen LogP contribution in [0.25, 0.3) is 11.1 Å². The van der Waals surface area contributed by atoms with Crippen molar-refractivity contribution in [3.63, 3.8) is 0 Å². The van der Waals surface area contributed by atoms with Gasteiger partial charge in [0, 0.05) is 31.2 Å². The van der Waals surface area contributed by atoms with E-state index in [1.807, 2.05) is 24.3 Å². The highest BCUT2D eigenvalue weighted by Gasteiger charge is 2.32. The van der Waals surface area contributed by atoms with E-state index in [0.717, 1.165) is 44.0 Å². The highest BCUT2D eigenvalue weighted by molar-refractivity contribution is 6.30. The van der Waals surface area contributed by atoms with Crippen LogP contribution in [0.1, 0.15) is 22.8 Å². The van der Waals surface area contributed by atoms with Crippen LogP contribution in [-0.4, -0.2) is 48.7 Å². The van der Waals surface area contributed by atoms with Crippen molar-refractivity contribution in [2.45, 2.75) is 19.2 Å². The smallest absolute Gasteiger partial charge is 0.410 e. The van der Waals surface area contributed by atoms with E-state index < -0.39 is 0 Å². The van der Waals surface area contributed by atoms with Crippen molar-refractivity contribution < 1.29 is 14.3 Å². The largest absolute Gasteiger partial charge is 0.439 e. The summed E-state index contributed by atoms with van der Waals surface area (Å²) in [6.45, 7) is 5.66. The Morgan fingerprint density at radius 1 is 0.788 bits per heavy atom. The molecule has 0 N–H and O–H groups in total. The summed E-state index contributed by atoms with van der Waals surface area (Å²) in [6, 6.07) is 24.6. The summed E-state index contributed by atoms with van der Waals surface area (Å²) in [5, 5.41) is 0.673. The standard InChI is InChI=1S/C27H27ClN2O3/c28-25-11-9-24(10-12-25)26-19-30(27(31)33-26)18-21-3-7-23(8-4-21)22-5-1-20(2-6-22)17-29-13-15-32-16-14-29/h1-12,26H,13-19H2/t26-/m0/s1. The number of halogens is 1. The Balaban J connectivity index is 1.19. The summed E-state index contributed by atoms with van der Waals surface area (Å²) in [5.41, 5.74) is 5.72. The van der Waals surface area contributed by atoms with Crippen LogP contribution < -0.4 is 0 Å². The van der Waals surface area contributed by atoms with E-state index in [2.05, 4.69) is 53.4 Å². The lowest BCUT2D eigenvalue weighted by atomic mass is 10.0. The SMILES string of the molecule is O=C1O[C@H](c2ccc(Cl)cc2)CN1Cc1ccc(-c2ccc(CN3CCOCC3)cc2)cc1. The summed E-state index contributed by atoms with van der Waals surface area (Å²) in [5.74, 6) is 0. The van der Waals surface area contributed by atoms with E-state index >= 15 is 0 Å². The molecule has 1 amide bonds. The van der Waals surface area contributed by atoms with Crippen molar-refractivity contribution >= 4 is 17.7 Å². The van der Waals surface area contributed by atoms with Gasteiger partial charge in [0.1, 0.15) is 6.10 Å². The maximum absolute atomic E-state index is 12.4. The average molecular weight is 463 g/mol. The van der Waals surface area contributed by atoms with Crippen LogP contribution in [0.3, 0.4) is 0 Å². The van der Waals surface area contributed by atoms with Gasteiger partial charge in [-0.3, -0.25) is 9.80 Å². The second-order valence-electron chi connectivity index (χ2n) is 8.59. The Morgan fingerprint density at radius 2 is 1.36 bits per heavy atom. The molecule has 1 atom stereocenters. The van der Waals surface area contributed by atoms with Gasteiger partial charge >= 0.3 is 6.09 Å². The van der Waals surface area contributed by atoms with Gasteiger partial charge in [-0.05, 0) is 39.9 Å². The molecule has 0 spiro atoms. The lowest BCUT2D eigenvalue weighted by Gasteiger charge is -2.26. The average Bonchev–Trinajstić information content (AvgIpc) is 3.21. The van der Waals surface area contributed by atoms with Crippen LogP contribution >= 0.6 is 11.6 Å². The van der Waals surface area contributed by atoms with Crippen molar-refractivity contribution in [2.24, 2.45) is 0 Å². The Morgan fingerprint density at radius 3 is 1.97 bits per heavy atom. The third-order valence-corrected chi connectivity index (χ3v) is 6.51. The molecule has 33 heavy (non-hydrogen) atoms. The Labute approximate surface area is 199 Å². The molecule has 2 saturated heterocycles. The van der Waals surface area contributed by atoms with Crippen molar-refractivity contribution in [3.05, 3.63) is 94.5 Å². The maximum Gasteiger partial charge on any atom is 0.410 e. The quantitative estimate of drug-likeness (QED) is 0.483. The third kappa shape index (κ3) is 5.38. The van der Waals surface area contributed by atoms with E-state index in [1.54, 1.807) is 4.90 Å². The Hall–Kier alpha value is -2.86. The van der Waals surface area contributed by atoms with Gasteiger partial charge in [0.2, 0.25) is 0 Å². The van der Waals surface area contributed by atoms with Crippen molar-refractivity contribution in [1.29, 1.82) is 0 Å². The van der Waals surface area contributed by atoms with Crippen LogP contribution in [0, 0.1) is 0 Å². The van der Waals surface area contributed by atoms with Crippen LogP contribution in [0.5, 0.6) is 0 Å². The number of carbonyl (C=O) groups excluding carboxylic acids is 1. The van der Waals surface area contributed by atoms with Gasteiger partial charge in [-0.15, -0.1) is 0 Å². The zero-order valence-corrected chi connectivity index (χ0v) is 19.2. The topological polar surface area (TPSA) is 42.0 Å². The van der Waals surface area contributed by atoms with Gasteiger partial charge in [0.15, 0.2) is 0 Å². The Bertz CT molecular complexity index is 1080. The number of rotatable bonds is 6. The summed E-state index contributed by atoms with van der Waals surface area (Å²) < 4.78 is 11.0. The van der Waals surface area contributed by atoms with Crippen LogP contribution in [-0.2, 0) is 22.6 Å². The number of amides is 1. The molecule has 3 aromatic carbocycles. The fourth-order valence-corrected chi connectivity index (χ4v) is 4.46. The van der Waals surface area contributed by atoms with Gasteiger partial charge in [0.25, 0.3) is 0 Å². The molecule has 0 aliphatic carbocycles. The number of morpholine rings is 1. The normalized spacial score (nSPS) is 19.0. The van der Waals surface area contributed by atoms with E-state index in [0.29, 0.717) is 18.1 Å². The first-order valence-electron chi connectivity index (χ1n) is 11.3. The van der Waals surface area contributed by atoms with E-state index in [4.69, 9.17) is 21.1 Å². The van der Waals surface area contributed by atoms with Gasteiger partial charge in [-0.2, -0.15) is 0 Å². The lowest BCUT2D eigenvalue weighted by molar-refractivity contribution is 0.0342. The summed E-state index contributed by atoms with van der Waals surface area (Å²) >= 11 is 5.96. The number of hydrogen-bond acceptors (Lipinski definition) is 4. The third-order valence-electron chi connectivity index (χ3n) is 6.25. The second-order valence-corrected chi connectivity index (χ2v) is 9.02. The van der Waals surface area contributed by atoms with E-state index in [9.17, 15) is 4.79 Å². The van der Waals surface area contributed by atoms with Crippen LogP contribution in [0.2, 0.25) is 5.02 Å². The van der Waals surface area contributed by atoms with Crippen LogP contribution in [0.15, 0.2) is 72.8 Å². The minimum Gasteiger partial charge on any atom is -0.439 e. The van der Waals surface area contributed by atoms with Crippen molar-refractivity contribution in [3.8, 4) is 11.1 Å². The Kier molecular flexibility index (Phi) is 6.63. The van der Waals surface area contributed by atoms with Gasteiger partial charge in [0.05, 0.1) is 19.8 Å². The van der Waals surface area contributed by atoms with Gasteiger partial charge in [-0.1, -0.05) is 72.3 Å². The molecular formula is C27H27ClN2O3. The molecule has 0 aromatic heterocycles. The van der Waals surface area contributed by atoms with Crippen molar-refractivity contribution in [1.82, 2.24) is 9.80 Å². The molecular weight excluding hydrogens is 436 g/mol. The molecule has 170 valence electrons. The predicted molar refractivity (Wildman–Crippen MR) is 129 cm³/mol. The maximum atomic E-state index is 12.4. The van der Waals surface area contributed by atoms with E-state index in [-0.39, 0.29) is 12.2 Å². The van der Waals surface area contributed by atoms with E-state index in [1.165, 1.54) is 16.7 Å². The first-order chi connectivity index (χ1) is 16.1. The second kappa shape index (κ2) is 9.96. The molecule has 2 aliphatic rings. The molecule has 2 fully saturated rings. The number of cyclic esters (lactones) is 1. The molecule has 5 rings (SSSR count). The molecule has 0 radical (unpaired) electrons. The number of nitrogens with zero attached hydrogens (tertiary/aromatic N) is 2. The fourth-order valence-electron chi connectivity index (χ4n) is 4.33. The summed E-state index contributed by atoms with van der Waals surface area (Å²) in [6.07, 6.45) is -0.542. The lowest BCUT2D eigenvalue weighted by Crippen LogP contribution is -2.35. The molecule has 0 bridgehead atoms. The highest BCUT2D eigenvalue weighted by atomic mass is 35.5. The van der Waals surface area contributed by atoms with Crippen molar-refractivity contribution in [2.75, 3.05) is 32.8 Å².